The van der Waals surface area contributed by atoms with Gasteiger partial charge in [0, 0.05) is 25.8 Å². The van der Waals surface area contributed by atoms with Crippen LogP contribution in [0.4, 0.5) is 11.5 Å². The van der Waals surface area contributed by atoms with E-state index in [2.05, 4.69) is 20.8 Å². The summed E-state index contributed by atoms with van der Waals surface area (Å²) in [6, 6.07) is 8.34. The fourth-order valence-electron chi connectivity index (χ4n) is 3.17. The van der Waals surface area contributed by atoms with Crippen molar-refractivity contribution in [3.8, 4) is 0 Å². The van der Waals surface area contributed by atoms with Crippen LogP contribution in [0.25, 0.3) is 0 Å². The highest BCUT2D eigenvalue weighted by Crippen LogP contribution is 2.23. The van der Waals surface area contributed by atoms with Crippen molar-refractivity contribution >= 4 is 34.9 Å². The third kappa shape index (κ3) is 4.98. The molecule has 2 aromatic rings. The maximum absolute atomic E-state index is 12.6. The van der Waals surface area contributed by atoms with Crippen LogP contribution in [-0.4, -0.2) is 42.1 Å². The molecule has 1 aliphatic carbocycles. The summed E-state index contributed by atoms with van der Waals surface area (Å²) in [6.07, 6.45) is 5.45. The van der Waals surface area contributed by atoms with Crippen LogP contribution in [0.2, 0.25) is 5.02 Å². The highest BCUT2D eigenvalue weighted by atomic mass is 35.5. The second-order valence-corrected chi connectivity index (χ2v) is 7.54. The van der Waals surface area contributed by atoms with Crippen LogP contribution < -0.4 is 15.5 Å². The summed E-state index contributed by atoms with van der Waals surface area (Å²) in [6.45, 7) is 0. The number of halogens is 1. The van der Waals surface area contributed by atoms with Gasteiger partial charge >= 0.3 is 0 Å². The van der Waals surface area contributed by atoms with Gasteiger partial charge in [-0.3, -0.25) is 9.59 Å². The molecule has 0 bridgehead atoms. The minimum absolute atomic E-state index is 0.182. The topological polar surface area (TPSA) is 87.2 Å². The number of aromatic nitrogens is 2. The molecular formula is C20H24ClN5O2. The summed E-state index contributed by atoms with van der Waals surface area (Å²) >= 11 is 6.21. The molecule has 3 rings (SSSR count). The van der Waals surface area contributed by atoms with Crippen molar-refractivity contribution in [3.05, 3.63) is 46.6 Å². The van der Waals surface area contributed by atoms with E-state index in [0.717, 1.165) is 25.7 Å². The smallest absolute Gasteiger partial charge is 0.276 e. The largest absolute Gasteiger partial charge is 0.361 e. The van der Waals surface area contributed by atoms with Crippen LogP contribution in [-0.2, 0) is 0 Å². The zero-order chi connectivity index (χ0) is 20.1. The van der Waals surface area contributed by atoms with Crippen LogP contribution in [0.1, 0.15) is 53.0 Å². The van der Waals surface area contributed by atoms with E-state index in [0.29, 0.717) is 22.1 Å². The van der Waals surface area contributed by atoms with Crippen LogP contribution in [0.3, 0.4) is 0 Å². The molecule has 1 fully saturated rings. The molecule has 2 amide bonds. The molecule has 0 aliphatic heterocycles. The molecule has 1 aromatic heterocycles. The molecule has 8 heteroatoms. The van der Waals surface area contributed by atoms with Crippen molar-refractivity contribution < 1.29 is 9.59 Å². The summed E-state index contributed by atoms with van der Waals surface area (Å²) in [5.74, 6) is 0.0339. The summed E-state index contributed by atoms with van der Waals surface area (Å²) < 4.78 is 0. The second-order valence-electron chi connectivity index (χ2n) is 7.13. The van der Waals surface area contributed by atoms with E-state index >= 15 is 0 Å². The molecule has 0 unspecified atom stereocenters. The van der Waals surface area contributed by atoms with Gasteiger partial charge in [0.15, 0.2) is 11.5 Å². The number of carbonyl (C=O) groups is 2. The molecule has 148 valence electrons. The van der Waals surface area contributed by atoms with E-state index in [1.807, 2.05) is 14.1 Å². The number of amides is 2. The molecule has 1 saturated carbocycles. The number of nitrogens with one attached hydrogen (secondary N) is 2. The van der Waals surface area contributed by atoms with Crippen molar-refractivity contribution in [2.75, 3.05) is 24.3 Å². The van der Waals surface area contributed by atoms with Crippen LogP contribution in [0.15, 0.2) is 30.3 Å². The second kappa shape index (κ2) is 9.01. The minimum atomic E-state index is -0.404. The van der Waals surface area contributed by atoms with Gasteiger partial charge in [-0.25, -0.2) is 0 Å². The molecular weight excluding hydrogens is 378 g/mol. The monoisotopic (exact) mass is 401 g/mol. The molecule has 0 spiro atoms. The molecule has 28 heavy (non-hydrogen) atoms. The quantitative estimate of drug-likeness (QED) is 0.800. The van der Waals surface area contributed by atoms with Crippen LogP contribution in [0, 0.1) is 0 Å². The molecule has 1 aliphatic rings. The van der Waals surface area contributed by atoms with E-state index in [1.165, 1.54) is 6.42 Å². The lowest BCUT2D eigenvalue weighted by molar-refractivity contribution is 0.0926. The molecule has 1 heterocycles. The maximum atomic E-state index is 12.6. The standard InChI is InChI=1S/C20H24ClN5O2/c1-26(2)18-11-10-17(24-25-18)20(28)23-14-8-9-16(21)15(12-14)19(27)22-13-6-4-3-5-7-13/h8-13H,3-7H2,1-2H3,(H,22,27)(H,23,28). The van der Waals surface area contributed by atoms with Gasteiger partial charge in [0.1, 0.15) is 0 Å². The summed E-state index contributed by atoms with van der Waals surface area (Å²) in [5.41, 5.74) is 1.01. The first-order valence-electron chi connectivity index (χ1n) is 9.37. The van der Waals surface area contributed by atoms with Crippen molar-refractivity contribution in [2.24, 2.45) is 0 Å². The summed E-state index contributed by atoms with van der Waals surface area (Å²) in [7, 11) is 3.69. The zero-order valence-corrected chi connectivity index (χ0v) is 16.8. The summed E-state index contributed by atoms with van der Waals surface area (Å²) in [4.78, 5) is 26.8. The van der Waals surface area contributed by atoms with Gasteiger partial charge in [0.2, 0.25) is 0 Å². The fourth-order valence-corrected chi connectivity index (χ4v) is 3.37. The van der Waals surface area contributed by atoms with Gasteiger partial charge in [0.05, 0.1) is 10.6 Å². The number of hydrogen-bond acceptors (Lipinski definition) is 5. The number of hydrogen-bond donors (Lipinski definition) is 2. The Morgan fingerprint density at radius 2 is 1.79 bits per heavy atom. The van der Waals surface area contributed by atoms with Crippen molar-refractivity contribution in [3.63, 3.8) is 0 Å². The Labute approximate surface area is 169 Å². The number of nitrogens with zero attached hydrogens (tertiary/aromatic N) is 3. The minimum Gasteiger partial charge on any atom is -0.361 e. The molecule has 1 aromatic carbocycles. The van der Waals surface area contributed by atoms with Gasteiger partial charge < -0.3 is 15.5 Å². The predicted octanol–water partition coefficient (Wildman–Crippen LogP) is 3.51. The van der Waals surface area contributed by atoms with E-state index in [9.17, 15) is 9.59 Å². The van der Waals surface area contributed by atoms with E-state index in [4.69, 9.17) is 11.6 Å². The van der Waals surface area contributed by atoms with Crippen molar-refractivity contribution in [2.45, 2.75) is 38.1 Å². The van der Waals surface area contributed by atoms with Crippen molar-refractivity contribution in [1.82, 2.24) is 15.5 Å². The first-order valence-corrected chi connectivity index (χ1v) is 9.74. The van der Waals surface area contributed by atoms with Gasteiger partial charge in [-0.1, -0.05) is 30.9 Å². The molecule has 2 N–H and O–H groups in total. The third-order valence-corrected chi connectivity index (χ3v) is 5.08. The number of carbonyl (C=O) groups excluding carboxylic acids is 2. The Bertz CT molecular complexity index is 848. The zero-order valence-electron chi connectivity index (χ0n) is 16.0. The Balaban J connectivity index is 1.69. The first-order chi connectivity index (χ1) is 13.4. The summed E-state index contributed by atoms with van der Waals surface area (Å²) in [5, 5.41) is 14.1. The lowest BCUT2D eigenvalue weighted by Gasteiger charge is -2.23. The Morgan fingerprint density at radius 3 is 2.43 bits per heavy atom. The van der Waals surface area contributed by atoms with Crippen LogP contribution >= 0.6 is 11.6 Å². The van der Waals surface area contributed by atoms with Gasteiger partial charge in [-0.2, -0.15) is 0 Å². The first kappa shape index (κ1) is 20.1. The Hall–Kier alpha value is -2.67. The van der Waals surface area contributed by atoms with Gasteiger partial charge in [0.25, 0.3) is 11.8 Å². The molecule has 0 radical (unpaired) electrons. The normalized spacial score (nSPS) is 14.4. The highest BCUT2D eigenvalue weighted by Gasteiger charge is 2.19. The lowest BCUT2D eigenvalue weighted by atomic mass is 9.95. The maximum Gasteiger partial charge on any atom is 0.276 e. The van der Waals surface area contributed by atoms with Gasteiger partial charge in [-0.05, 0) is 43.2 Å². The van der Waals surface area contributed by atoms with Crippen molar-refractivity contribution in [1.29, 1.82) is 0 Å². The van der Waals surface area contributed by atoms with Gasteiger partial charge in [-0.15, -0.1) is 10.2 Å². The Morgan fingerprint density at radius 1 is 1.04 bits per heavy atom. The fraction of sp³-hybridized carbons (Fsp3) is 0.400. The number of anilines is 2. The third-order valence-electron chi connectivity index (χ3n) is 4.75. The molecule has 0 saturated heterocycles. The van der Waals surface area contributed by atoms with E-state index in [1.54, 1.807) is 35.2 Å². The van der Waals surface area contributed by atoms with E-state index in [-0.39, 0.29) is 17.6 Å². The van der Waals surface area contributed by atoms with Crippen LogP contribution in [0.5, 0.6) is 0 Å². The SMILES string of the molecule is CN(C)c1ccc(C(=O)Nc2ccc(Cl)c(C(=O)NC3CCCCC3)c2)nn1. The number of benzene rings is 1. The lowest BCUT2D eigenvalue weighted by Crippen LogP contribution is -2.36. The highest BCUT2D eigenvalue weighted by molar-refractivity contribution is 6.34. The average Bonchev–Trinajstić information content (AvgIpc) is 2.70. The molecule has 0 atom stereocenters. The predicted molar refractivity (Wildman–Crippen MR) is 110 cm³/mol. The molecule has 7 nitrogen and oxygen atoms in total. The average molecular weight is 402 g/mol. The number of rotatable bonds is 5. The Kier molecular flexibility index (Phi) is 6.46. The van der Waals surface area contributed by atoms with E-state index < -0.39 is 5.91 Å².